The molecule has 0 aliphatic carbocycles. The molecule has 250 valence electrons. The van der Waals surface area contributed by atoms with Crippen LogP contribution in [0, 0.1) is 0 Å². The van der Waals surface area contributed by atoms with Gasteiger partial charge in [0.15, 0.2) is 0 Å². The molecule has 2 aromatic rings. The van der Waals surface area contributed by atoms with Gasteiger partial charge in [0.1, 0.15) is 11.5 Å². The number of nitrogens with zero attached hydrogens (tertiary/aromatic N) is 1. The van der Waals surface area contributed by atoms with E-state index >= 15 is 0 Å². The summed E-state index contributed by atoms with van der Waals surface area (Å²) in [6.07, 6.45) is 29.7. The summed E-state index contributed by atoms with van der Waals surface area (Å²) in [5, 5.41) is 2.98. The van der Waals surface area contributed by atoms with Crippen LogP contribution < -0.4 is 20.5 Å². The van der Waals surface area contributed by atoms with Gasteiger partial charge in [0, 0.05) is 30.9 Å². The second kappa shape index (κ2) is 25.8. The van der Waals surface area contributed by atoms with Gasteiger partial charge in [-0.2, -0.15) is 0 Å². The van der Waals surface area contributed by atoms with Gasteiger partial charge in [-0.05, 0) is 30.5 Å². The van der Waals surface area contributed by atoms with E-state index in [1.807, 2.05) is 18.2 Å². The van der Waals surface area contributed by atoms with Crippen LogP contribution in [0.2, 0.25) is 0 Å². The van der Waals surface area contributed by atoms with Crippen molar-refractivity contribution in [2.75, 3.05) is 13.2 Å². The molecule has 0 fully saturated rings. The van der Waals surface area contributed by atoms with Crippen molar-refractivity contribution in [3.8, 4) is 11.5 Å². The lowest BCUT2D eigenvalue weighted by molar-refractivity contribution is -0.122. The number of carbonyl (C=O) groups excluding carboxylic acids is 1. The average molecular weight is 613 g/mol. The van der Waals surface area contributed by atoms with Gasteiger partial charge >= 0.3 is 0 Å². The van der Waals surface area contributed by atoms with Crippen LogP contribution in [0.4, 0.5) is 0 Å². The van der Waals surface area contributed by atoms with E-state index in [2.05, 4.69) is 29.1 Å². The fourth-order valence-corrected chi connectivity index (χ4v) is 5.50. The van der Waals surface area contributed by atoms with Gasteiger partial charge in [-0.3, -0.25) is 4.79 Å². The van der Waals surface area contributed by atoms with Crippen LogP contribution in [0.1, 0.15) is 154 Å². The van der Waals surface area contributed by atoms with Crippen molar-refractivity contribution in [1.29, 1.82) is 0 Å². The van der Waals surface area contributed by atoms with Crippen LogP contribution in [0.15, 0.2) is 30.7 Å². The minimum absolute atomic E-state index is 0.191. The predicted octanol–water partition coefficient (Wildman–Crippen LogP) is 9.20. The standard InChI is InChI=1S/C37H64N4O3/c1-3-5-7-9-11-13-15-17-19-21-23-43-34-25-32(29-40-37(42)36(38)27-33-30-39-31-41-33)26-35(28-34)44-24-22-20-18-16-14-12-10-8-6-4-2/h25-26,28,30-31,36H,3-24,27,29,38H2,1-2H3,(H,39,41)(H,40,42)/t36-/m0/s1. The summed E-state index contributed by atoms with van der Waals surface area (Å²) in [5.41, 5.74) is 7.92. The third-order valence-corrected chi connectivity index (χ3v) is 8.27. The van der Waals surface area contributed by atoms with E-state index in [1.165, 1.54) is 116 Å². The third kappa shape index (κ3) is 19.0. The molecule has 0 saturated carbocycles. The number of carbonyl (C=O) groups is 1. The van der Waals surface area contributed by atoms with Crippen LogP contribution in [0.3, 0.4) is 0 Å². The van der Waals surface area contributed by atoms with Gasteiger partial charge in [0.2, 0.25) is 5.91 Å². The van der Waals surface area contributed by atoms with Gasteiger partial charge in [-0.15, -0.1) is 0 Å². The summed E-state index contributed by atoms with van der Waals surface area (Å²) in [6.45, 7) is 6.30. The van der Waals surface area contributed by atoms with Crippen LogP contribution in [0.5, 0.6) is 11.5 Å². The Morgan fingerprint density at radius 2 is 1.18 bits per heavy atom. The van der Waals surface area contributed by atoms with E-state index in [9.17, 15) is 4.79 Å². The molecule has 1 aromatic heterocycles. The highest BCUT2D eigenvalue weighted by atomic mass is 16.5. The second-order valence-electron chi connectivity index (χ2n) is 12.5. The SMILES string of the molecule is CCCCCCCCCCCCOc1cc(CNC(=O)[C@@H](N)Cc2cnc[nH]2)cc(OCCCCCCCCCCCC)c1. The van der Waals surface area contributed by atoms with E-state index in [4.69, 9.17) is 15.2 Å². The normalized spacial score (nSPS) is 11.9. The van der Waals surface area contributed by atoms with Crippen molar-refractivity contribution in [1.82, 2.24) is 15.3 Å². The number of nitrogens with two attached hydrogens (primary N) is 1. The van der Waals surface area contributed by atoms with E-state index in [1.54, 1.807) is 12.5 Å². The van der Waals surface area contributed by atoms with Gasteiger partial charge in [0.25, 0.3) is 0 Å². The van der Waals surface area contributed by atoms with Crippen LogP contribution in [-0.2, 0) is 17.8 Å². The zero-order valence-electron chi connectivity index (χ0n) is 28.2. The molecule has 1 atom stereocenters. The zero-order chi connectivity index (χ0) is 31.5. The molecule has 0 bridgehead atoms. The molecular formula is C37H64N4O3. The molecule has 0 aliphatic heterocycles. The van der Waals surface area contributed by atoms with Crippen molar-refractivity contribution in [3.05, 3.63) is 42.0 Å². The second-order valence-corrected chi connectivity index (χ2v) is 12.5. The fourth-order valence-electron chi connectivity index (χ4n) is 5.50. The number of aromatic nitrogens is 2. The Balaban J connectivity index is 1.75. The average Bonchev–Trinajstić information content (AvgIpc) is 3.54. The number of aromatic amines is 1. The Kier molecular flexibility index (Phi) is 22.0. The Hall–Kier alpha value is -2.54. The molecule has 0 spiro atoms. The summed E-state index contributed by atoms with van der Waals surface area (Å²) in [5.74, 6) is 1.41. The molecule has 1 amide bonds. The number of imidazole rings is 1. The first-order valence-corrected chi connectivity index (χ1v) is 18.0. The number of nitrogens with one attached hydrogen (secondary N) is 2. The summed E-state index contributed by atoms with van der Waals surface area (Å²) in [4.78, 5) is 19.7. The Morgan fingerprint density at radius 1 is 0.727 bits per heavy atom. The first kappa shape index (κ1) is 37.6. The topological polar surface area (TPSA) is 102 Å². The third-order valence-electron chi connectivity index (χ3n) is 8.27. The lowest BCUT2D eigenvalue weighted by Crippen LogP contribution is -2.41. The molecule has 0 saturated heterocycles. The monoisotopic (exact) mass is 612 g/mol. The molecule has 2 rings (SSSR count). The number of rotatable bonds is 29. The van der Waals surface area contributed by atoms with Crippen LogP contribution in [-0.4, -0.2) is 35.1 Å². The molecular weight excluding hydrogens is 548 g/mol. The summed E-state index contributed by atoms with van der Waals surface area (Å²) >= 11 is 0. The maximum atomic E-state index is 12.6. The van der Waals surface area contributed by atoms with E-state index in [-0.39, 0.29) is 5.91 Å². The van der Waals surface area contributed by atoms with Crippen molar-refractivity contribution >= 4 is 5.91 Å². The molecule has 1 aromatic carbocycles. The summed E-state index contributed by atoms with van der Waals surface area (Å²) in [7, 11) is 0. The fraction of sp³-hybridized carbons (Fsp3) is 0.730. The summed E-state index contributed by atoms with van der Waals surface area (Å²) in [6, 6.07) is 5.36. The largest absolute Gasteiger partial charge is 0.493 e. The first-order chi connectivity index (χ1) is 21.6. The highest BCUT2D eigenvalue weighted by Gasteiger charge is 2.15. The minimum atomic E-state index is -0.640. The smallest absolute Gasteiger partial charge is 0.237 e. The number of hydrogen-bond donors (Lipinski definition) is 3. The van der Waals surface area contributed by atoms with Crippen molar-refractivity contribution in [2.45, 2.75) is 161 Å². The van der Waals surface area contributed by atoms with E-state index in [0.29, 0.717) is 26.2 Å². The lowest BCUT2D eigenvalue weighted by Gasteiger charge is -2.15. The summed E-state index contributed by atoms with van der Waals surface area (Å²) < 4.78 is 12.3. The number of hydrogen-bond acceptors (Lipinski definition) is 5. The Bertz CT molecular complexity index is 906. The number of unbranched alkanes of at least 4 members (excludes halogenated alkanes) is 18. The highest BCUT2D eigenvalue weighted by molar-refractivity contribution is 5.81. The predicted molar refractivity (Wildman–Crippen MR) is 183 cm³/mol. The molecule has 0 radical (unpaired) electrons. The van der Waals surface area contributed by atoms with Gasteiger partial charge in [0.05, 0.1) is 25.6 Å². The molecule has 0 aliphatic rings. The van der Waals surface area contributed by atoms with Gasteiger partial charge < -0.3 is 25.5 Å². The number of amides is 1. The quantitative estimate of drug-likeness (QED) is 0.0795. The van der Waals surface area contributed by atoms with Crippen molar-refractivity contribution in [2.24, 2.45) is 5.73 Å². The highest BCUT2D eigenvalue weighted by Crippen LogP contribution is 2.24. The van der Waals surface area contributed by atoms with Crippen LogP contribution in [0.25, 0.3) is 0 Å². The van der Waals surface area contributed by atoms with E-state index in [0.717, 1.165) is 35.6 Å². The molecule has 7 heteroatoms. The maximum absolute atomic E-state index is 12.6. The lowest BCUT2D eigenvalue weighted by atomic mass is 10.1. The zero-order valence-corrected chi connectivity index (χ0v) is 28.2. The van der Waals surface area contributed by atoms with Gasteiger partial charge in [-0.25, -0.2) is 4.98 Å². The molecule has 44 heavy (non-hydrogen) atoms. The molecule has 1 heterocycles. The Morgan fingerprint density at radius 3 is 1.61 bits per heavy atom. The van der Waals surface area contributed by atoms with Gasteiger partial charge in [-0.1, -0.05) is 129 Å². The number of benzene rings is 1. The number of H-pyrrole nitrogens is 1. The Labute approximate surface area is 268 Å². The van der Waals surface area contributed by atoms with Crippen LogP contribution >= 0.6 is 0 Å². The van der Waals surface area contributed by atoms with Crippen molar-refractivity contribution < 1.29 is 14.3 Å². The maximum Gasteiger partial charge on any atom is 0.237 e. The van der Waals surface area contributed by atoms with Crippen molar-refractivity contribution in [3.63, 3.8) is 0 Å². The van der Waals surface area contributed by atoms with E-state index < -0.39 is 6.04 Å². The molecule has 4 N–H and O–H groups in total. The minimum Gasteiger partial charge on any atom is -0.493 e. The first-order valence-electron chi connectivity index (χ1n) is 18.0. The number of ether oxygens (including phenoxy) is 2. The molecule has 0 unspecified atom stereocenters. The molecule has 7 nitrogen and oxygen atoms in total.